The first-order valence-corrected chi connectivity index (χ1v) is 7.01. The van der Waals surface area contributed by atoms with Crippen LogP contribution >= 0.6 is 23.2 Å². The van der Waals surface area contributed by atoms with E-state index in [4.69, 9.17) is 28.9 Å². The molecule has 1 aliphatic rings. The molecular weight excluding hydrogens is 285 g/mol. The van der Waals surface area contributed by atoms with Gasteiger partial charge in [-0.2, -0.15) is 0 Å². The molecule has 1 aliphatic carbocycles. The lowest BCUT2D eigenvalue weighted by Gasteiger charge is -2.26. The predicted molar refractivity (Wildman–Crippen MR) is 76.4 cm³/mol. The van der Waals surface area contributed by atoms with Crippen LogP contribution in [0.4, 0.5) is 0 Å². The first-order valence-electron chi connectivity index (χ1n) is 6.26. The molecule has 19 heavy (non-hydrogen) atoms. The van der Waals surface area contributed by atoms with Crippen molar-refractivity contribution in [1.29, 1.82) is 0 Å². The third kappa shape index (κ3) is 2.35. The molecule has 0 fully saturated rings. The van der Waals surface area contributed by atoms with Gasteiger partial charge in [-0.15, -0.1) is 0 Å². The molecule has 3 nitrogen and oxygen atoms in total. The molecule has 2 rings (SSSR count). The van der Waals surface area contributed by atoms with Crippen LogP contribution in [0, 0.1) is 5.41 Å². The molecule has 0 radical (unpaired) electrons. The minimum Gasteiger partial charge on any atom is -0.388 e. The molecule has 0 heterocycles. The van der Waals surface area contributed by atoms with Crippen LogP contribution < -0.4 is 5.73 Å². The first kappa shape index (κ1) is 14.6. The highest BCUT2D eigenvalue weighted by atomic mass is 35.5. The van der Waals surface area contributed by atoms with Gasteiger partial charge in [0.25, 0.3) is 0 Å². The highest BCUT2D eigenvalue weighted by Crippen LogP contribution is 2.52. The molecule has 3 N–H and O–H groups in total. The van der Waals surface area contributed by atoms with Crippen LogP contribution in [-0.2, 0) is 17.6 Å². The molecule has 0 saturated carbocycles. The Morgan fingerprint density at radius 1 is 1.53 bits per heavy atom. The minimum atomic E-state index is -0.625. The molecule has 1 aromatic rings. The van der Waals surface area contributed by atoms with Gasteiger partial charge in [-0.05, 0) is 24.0 Å². The summed E-state index contributed by atoms with van der Waals surface area (Å²) in [5.74, 6) is -0.449. The molecule has 104 valence electrons. The van der Waals surface area contributed by atoms with Crippen molar-refractivity contribution in [3.63, 3.8) is 0 Å². The van der Waals surface area contributed by atoms with Gasteiger partial charge >= 0.3 is 0 Å². The van der Waals surface area contributed by atoms with Crippen LogP contribution in [0.5, 0.6) is 0 Å². The Balaban J connectivity index is 2.54. The zero-order valence-electron chi connectivity index (χ0n) is 11.0. The fraction of sp³-hybridized carbons (Fsp3) is 0.500. The van der Waals surface area contributed by atoms with E-state index in [-0.39, 0.29) is 11.8 Å². The van der Waals surface area contributed by atoms with Crippen molar-refractivity contribution in [3.05, 3.63) is 32.8 Å². The summed E-state index contributed by atoms with van der Waals surface area (Å²) in [7, 11) is 0. The number of rotatable bonds is 3. The number of benzene rings is 1. The molecule has 1 amide bonds. The van der Waals surface area contributed by atoms with Gasteiger partial charge in [0.1, 0.15) is 0 Å². The molecule has 0 saturated heterocycles. The van der Waals surface area contributed by atoms with Crippen LogP contribution in [0.2, 0.25) is 10.0 Å². The largest absolute Gasteiger partial charge is 0.388 e. The second-order valence-electron chi connectivity index (χ2n) is 5.47. The molecule has 0 spiro atoms. The van der Waals surface area contributed by atoms with E-state index in [1.807, 2.05) is 19.9 Å². The van der Waals surface area contributed by atoms with Crippen LogP contribution in [0.15, 0.2) is 6.07 Å². The number of fused-ring (bicyclic) bond motifs is 1. The van der Waals surface area contributed by atoms with Crippen molar-refractivity contribution in [2.24, 2.45) is 11.1 Å². The fourth-order valence-corrected chi connectivity index (χ4v) is 3.28. The van der Waals surface area contributed by atoms with Crippen LogP contribution in [0.25, 0.3) is 0 Å². The van der Waals surface area contributed by atoms with Gasteiger partial charge in [-0.3, -0.25) is 4.79 Å². The number of amides is 1. The highest BCUT2D eigenvalue weighted by molar-refractivity contribution is 6.43. The summed E-state index contributed by atoms with van der Waals surface area (Å²) in [5, 5.41) is 11.1. The summed E-state index contributed by atoms with van der Waals surface area (Å²) in [5.41, 5.74) is 7.26. The summed E-state index contributed by atoms with van der Waals surface area (Å²) < 4.78 is 0. The molecule has 0 aliphatic heterocycles. The molecular formula is C14H17Cl2NO2. The second kappa shape index (κ2) is 4.97. The van der Waals surface area contributed by atoms with E-state index in [1.54, 1.807) is 0 Å². The summed E-state index contributed by atoms with van der Waals surface area (Å²) in [6, 6.07) is 1.85. The summed E-state index contributed by atoms with van der Waals surface area (Å²) in [4.78, 5) is 11.1. The smallest absolute Gasteiger partial charge is 0.221 e. The molecule has 1 aromatic carbocycles. The maximum atomic E-state index is 11.1. The molecule has 2 atom stereocenters. The number of hydrogen-bond donors (Lipinski definition) is 2. The number of halogens is 2. The van der Waals surface area contributed by atoms with Gasteiger partial charge in [0.05, 0.1) is 22.6 Å². The van der Waals surface area contributed by atoms with E-state index in [2.05, 4.69) is 0 Å². The maximum Gasteiger partial charge on any atom is 0.221 e. The van der Waals surface area contributed by atoms with Crippen LogP contribution in [0.3, 0.4) is 0 Å². The predicted octanol–water partition coefficient (Wildman–Crippen LogP) is 3.03. The lowest BCUT2D eigenvalue weighted by Crippen LogP contribution is -2.20. The van der Waals surface area contributed by atoms with E-state index in [9.17, 15) is 9.90 Å². The number of carbonyl (C=O) groups excluding carboxylic acids is 1. The molecule has 5 heteroatoms. The van der Waals surface area contributed by atoms with Crippen molar-refractivity contribution < 1.29 is 9.90 Å². The fourth-order valence-electron chi connectivity index (χ4n) is 2.71. The zero-order chi connectivity index (χ0) is 14.4. The van der Waals surface area contributed by atoms with E-state index < -0.39 is 12.0 Å². The Bertz CT molecular complexity index is 545. The summed E-state index contributed by atoms with van der Waals surface area (Å²) >= 11 is 12.4. The van der Waals surface area contributed by atoms with Gasteiger partial charge in [-0.25, -0.2) is 0 Å². The molecule has 0 aromatic heterocycles. The Morgan fingerprint density at radius 2 is 2.16 bits per heavy atom. The third-order valence-electron chi connectivity index (χ3n) is 4.11. The van der Waals surface area contributed by atoms with E-state index in [1.165, 1.54) is 0 Å². The second-order valence-corrected chi connectivity index (χ2v) is 6.22. The summed E-state index contributed by atoms with van der Waals surface area (Å²) in [6.45, 7) is 4.06. The van der Waals surface area contributed by atoms with Crippen molar-refractivity contribution in [1.82, 2.24) is 0 Å². The average Bonchev–Trinajstić information content (AvgIpc) is 2.58. The van der Waals surface area contributed by atoms with Crippen LogP contribution in [-0.4, -0.2) is 11.0 Å². The van der Waals surface area contributed by atoms with Crippen molar-refractivity contribution >= 4 is 29.1 Å². The lowest BCUT2D eigenvalue weighted by atomic mass is 9.82. The molecule has 0 bridgehead atoms. The number of nitrogens with two attached hydrogens (primary N) is 1. The Morgan fingerprint density at radius 3 is 2.68 bits per heavy atom. The van der Waals surface area contributed by atoms with Gasteiger partial charge in [0.15, 0.2) is 0 Å². The Hall–Kier alpha value is -0.770. The zero-order valence-corrected chi connectivity index (χ0v) is 12.5. The summed E-state index contributed by atoms with van der Waals surface area (Å²) in [6.07, 6.45) is 0.996. The standard InChI is InChI=1S/C14H17Cl2NO2/c1-3-14(2)6-8-4-7(5-9(17)18)11(15)12(16)10(8)13(14)19/h4,13,19H,3,5-6H2,1-2H3,(H2,17,18). The van der Waals surface area contributed by atoms with Gasteiger partial charge in [0, 0.05) is 11.0 Å². The van der Waals surface area contributed by atoms with Crippen molar-refractivity contribution in [2.75, 3.05) is 0 Å². The SMILES string of the molecule is CCC1(C)Cc2cc(CC(N)=O)c(Cl)c(Cl)c2C1O. The number of hydrogen-bond acceptors (Lipinski definition) is 2. The van der Waals surface area contributed by atoms with Gasteiger partial charge in [-0.1, -0.05) is 43.1 Å². The highest BCUT2D eigenvalue weighted by Gasteiger charge is 2.42. The maximum absolute atomic E-state index is 11.1. The number of primary amides is 1. The Labute approximate surface area is 122 Å². The third-order valence-corrected chi connectivity index (χ3v) is 5.03. The number of carbonyl (C=O) groups is 1. The van der Waals surface area contributed by atoms with Gasteiger partial charge in [0.2, 0.25) is 5.91 Å². The number of aliphatic hydroxyl groups excluding tert-OH is 1. The van der Waals surface area contributed by atoms with Gasteiger partial charge < -0.3 is 10.8 Å². The monoisotopic (exact) mass is 301 g/mol. The van der Waals surface area contributed by atoms with Crippen molar-refractivity contribution in [3.8, 4) is 0 Å². The number of aliphatic hydroxyl groups is 1. The first-order chi connectivity index (χ1) is 8.80. The van der Waals surface area contributed by atoms with Crippen molar-refractivity contribution in [2.45, 2.75) is 39.2 Å². The minimum absolute atomic E-state index is 0.0603. The quantitative estimate of drug-likeness (QED) is 0.901. The average molecular weight is 302 g/mol. The van der Waals surface area contributed by atoms with E-state index in [0.717, 1.165) is 18.4 Å². The van der Waals surface area contributed by atoms with E-state index in [0.29, 0.717) is 21.2 Å². The normalized spacial score (nSPS) is 25.4. The lowest BCUT2D eigenvalue weighted by molar-refractivity contribution is -0.117. The molecule has 2 unspecified atom stereocenters. The topological polar surface area (TPSA) is 63.3 Å². The van der Waals surface area contributed by atoms with E-state index >= 15 is 0 Å². The Kier molecular flexibility index (Phi) is 3.83. The van der Waals surface area contributed by atoms with Crippen LogP contribution in [0.1, 0.15) is 43.1 Å².